The van der Waals surface area contributed by atoms with E-state index in [9.17, 15) is 26.8 Å². The smallest absolute Gasteiger partial charge is 0.244 e. The van der Waals surface area contributed by atoms with E-state index in [1.54, 1.807) is 0 Å². The third kappa shape index (κ3) is 8.36. The van der Waals surface area contributed by atoms with Crippen LogP contribution in [0, 0.1) is 11.6 Å². The van der Waals surface area contributed by atoms with Gasteiger partial charge in [0.1, 0.15) is 12.6 Å². The zero-order valence-electron chi connectivity index (χ0n) is 23.0. The molecular formula is C31H35F2N3O4S. The Bertz CT molecular complexity index is 1430. The Labute approximate surface area is 240 Å². The number of sulfonamides is 1. The second-order valence-corrected chi connectivity index (χ2v) is 12.3. The number of halogens is 2. The maximum Gasteiger partial charge on any atom is 0.244 e. The van der Waals surface area contributed by atoms with E-state index in [-0.39, 0.29) is 30.6 Å². The molecule has 1 N–H and O–H groups in total. The van der Waals surface area contributed by atoms with Crippen LogP contribution in [0.25, 0.3) is 0 Å². The molecule has 0 saturated heterocycles. The minimum Gasteiger partial charge on any atom is -0.352 e. The van der Waals surface area contributed by atoms with Gasteiger partial charge in [0.05, 0.1) is 11.9 Å². The molecule has 0 bridgehead atoms. The van der Waals surface area contributed by atoms with Gasteiger partial charge in [-0.05, 0) is 36.1 Å². The molecule has 1 saturated carbocycles. The molecule has 1 atom stereocenters. The molecule has 0 spiro atoms. The number of nitrogens with zero attached hydrogens (tertiary/aromatic N) is 2. The van der Waals surface area contributed by atoms with Crippen molar-refractivity contribution in [3.8, 4) is 0 Å². The van der Waals surface area contributed by atoms with Gasteiger partial charge in [-0.2, -0.15) is 0 Å². The van der Waals surface area contributed by atoms with Crippen LogP contribution in [0.4, 0.5) is 14.5 Å². The number of rotatable bonds is 11. The molecule has 1 fully saturated rings. The van der Waals surface area contributed by atoms with Crippen molar-refractivity contribution in [3.63, 3.8) is 0 Å². The van der Waals surface area contributed by atoms with Crippen LogP contribution in [-0.4, -0.2) is 50.0 Å². The number of hydrogen-bond donors (Lipinski definition) is 1. The number of carbonyl (C=O) groups excluding carboxylic acids is 2. The van der Waals surface area contributed by atoms with E-state index in [1.165, 1.54) is 4.90 Å². The summed E-state index contributed by atoms with van der Waals surface area (Å²) in [6.07, 6.45) is 5.95. The summed E-state index contributed by atoms with van der Waals surface area (Å²) in [7, 11) is -4.08. The van der Waals surface area contributed by atoms with E-state index < -0.39 is 40.2 Å². The number of benzene rings is 3. The summed E-state index contributed by atoms with van der Waals surface area (Å²) in [5, 5.41) is 3.13. The quantitative estimate of drug-likeness (QED) is 0.351. The maximum absolute atomic E-state index is 14.1. The summed E-state index contributed by atoms with van der Waals surface area (Å²) in [6, 6.07) is 20.1. The summed E-state index contributed by atoms with van der Waals surface area (Å²) >= 11 is 0. The van der Waals surface area contributed by atoms with Crippen LogP contribution >= 0.6 is 0 Å². The highest BCUT2D eigenvalue weighted by Gasteiger charge is 2.34. The topological polar surface area (TPSA) is 86.8 Å². The molecule has 3 aromatic rings. The Morgan fingerprint density at radius 1 is 0.878 bits per heavy atom. The highest BCUT2D eigenvalue weighted by molar-refractivity contribution is 7.92. The molecule has 1 aliphatic rings. The molecule has 3 aromatic carbocycles. The third-order valence-corrected chi connectivity index (χ3v) is 8.43. The number of anilines is 1. The average molecular weight is 584 g/mol. The van der Waals surface area contributed by atoms with Crippen molar-refractivity contribution in [3.05, 3.63) is 102 Å². The molecule has 0 unspecified atom stereocenters. The largest absolute Gasteiger partial charge is 0.352 e. The molecule has 10 heteroatoms. The Balaban J connectivity index is 1.71. The van der Waals surface area contributed by atoms with Crippen molar-refractivity contribution in [1.29, 1.82) is 0 Å². The fourth-order valence-corrected chi connectivity index (χ4v) is 5.97. The highest BCUT2D eigenvalue weighted by atomic mass is 32.2. The van der Waals surface area contributed by atoms with E-state index in [0.717, 1.165) is 72.0 Å². The molecule has 218 valence electrons. The van der Waals surface area contributed by atoms with Crippen molar-refractivity contribution in [2.45, 2.75) is 57.2 Å². The Morgan fingerprint density at radius 2 is 1.49 bits per heavy atom. The molecule has 1 aliphatic carbocycles. The molecule has 0 aliphatic heterocycles. The van der Waals surface area contributed by atoms with Crippen LogP contribution in [0.2, 0.25) is 0 Å². The summed E-state index contributed by atoms with van der Waals surface area (Å²) in [6.45, 7) is -0.649. The molecule has 0 aromatic heterocycles. The first-order chi connectivity index (χ1) is 19.6. The zero-order valence-corrected chi connectivity index (χ0v) is 23.8. The predicted octanol–water partition coefficient (Wildman–Crippen LogP) is 4.82. The van der Waals surface area contributed by atoms with Crippen LogP contribution < -0.4 is 9.62 Å². The SMILES string of the molecule is CS(=O)(=O)N(CC(=O)N(Cc1ccccc1)[C@@H](Cc1ccccc1)C(=O)NC1CCCCC1)c1ccc(F)c(F)c1. The first-order valence-electron chi connectivity index (χ1n) is 13.7. The van der Waals surface area contributed by atoms with Crippen molar-refractivity contribution in [2.75, 3.05) is 17.1 Å². The number of amides is 2. The van der Waals surface area contributed by atoms with Crippen molar-refractivity contribution >= 4 is 27.5 Å². The van der Waals surface area contributed by atoms with Crippen LogP contribution in [0.15, 0.2) is 78.9 Å². The Hall–Kier alpha value is -3.79. The first-order valence-corrected chi connectivity index (χ1v) is 15.6. The van der Waals surface area contributed by atoms with Crippen LogP contribution in [-0.2, 0) is 32.6 Å². The van der Waals surface area contributed by atoms with Gasteiger partial charge < -0.3 is 10.2 Å². The molecule has 7 nitrogen and oxygen atoms in total. The second kappa shape index (κ2) is 13.7. The Morgan fingerprint density at radius 3 is 2.07 bits per heavy atom. The van der Waals surface area contributed by atoms with Gasteiger partial charge in [0.15, 0.2) is 11.6 Å². The Kier molecular flexibility index (Phi) is 10.1. The minimum absolute atomic E-state index is 0.00194. The highest BCUT2D eigenvalue weighted by Crippen LogP contribution is 2.23. The van der Waals surface area contributed by atoms with E-state index in [0.29, 0.717) is 0 Å². The van der Waals surface area contributed by atoms with Gasteiger partial charge in [-0.15, -0.1) is 0 Å². The molecule has 41 heavy (non-hydrogen) atoms. The molecule has 4 rings (SSSR count). The lowest BCUT2D eigenvalue weighted by Crippen LogP contribution is -2.55. The van der Waals surface area contributed by atoms with Crippen molar-refractivity contribution in [2.24, 2.45) is 0 Å². The normalized spacial score (nSPS) is 14.7. The lowest BCUT2D eigenvalue weighted by molar-refractivity contribution is -0.140. The fourth-order valence-electron chi connectivity index (χ4n) is 5.13. The first kappa shape index (κ1) is 30.2. The summed E-state index contributed by atoms with van der Waals surface area (Å²) in [4.78, 5) is 29.3. The average Bonchev–Trinajstić information content (AvgIpc) is 2.96. The van der Waals surface area contributed by atoms with Crippen molar-refractivity contribution in [1.82, 2.24) is 10.2 Å². The second-order valence-electron chi connectivity index (χ2n) is 10.4. The van der Waals surface area contributed by atoms with Crippen LogP contribution in [0.5, 0.6) is 0 Å². The number of hydrogen-bond acceptors (Lipinski definition) is 4. The van der Waals surface area contributed by atoms with Gasteiger partial charge in [0.25, 0.3) is 0 Å². The monoisotopic (exact) mass is 583 g/mol. The maximum atomic E-state index is 14.1. The van der Waals surface area contributed by atoms with E-state index in [2.05, 4.69) is 5.32 Å². The van der Waals surface area contributed by atoms with Gasteiger partial charge in [0, 0.05) is 25.1 Å². The molecule has 2 amide bonds. The predicted molar refractivity (Wildman–Crippen MR) is 154 cm³/mol. The van der Waals surface area contributed by atoms with Gasteiger partial charge in [0.2, 0.25) is 21.8 Å². The van der Waals surface area contributed by atoms with E-state index >= 15 is 0 Å². The lowest BCUT2D eigenvalue weighted by Gasteiger charge is -2.35. The van der Waals surface area contributed by atoms with Gasteiger partial charge in [-0.3, -0.25) is 13.9 Å². The zero-order chi connectivity index (χ0) is 29.4. The van der Waals surface area contributed by atoms with Crippen molar-refractivity contribution < 1.29 is 26.8 Å². The molecular weight excluding hydrogens is 548 g/mol. The van der Waals surface area contributed by atoms with Gasteiger partial charge >= 0.3 is 0 Å². The van der Waals surface area contributed by atoms with Gasteiger partial charge in [-0.1, -0.05) is 79.9 Å². The number of carbonyl (C=O) groups is 2. The van der Waals surface area contributed by atoms with E-state index in [1.807, 2.05) is 60.7 Å². The van der Waals surface area contributed by atoms with Crippen LogP contribution in [0.1, 0.15) is 43.2 Å². The van der Waals surface area contributed by atoms with Gasteiger partial charge in [-0.25, -0.2) is 17.2 Å². The summed E-state index contributed by atoms with van der Waals surface area (Å²) in [5.41, 5.74) is 1.40. The third-order valence-electron chi connectivity index (χ3n) is 7.29. The molecule has 0 radical (unpaired) electrons. The van der Waals surface area contributed by atoms with E-state index in [4.69, 9.17) is 0 Å². The summed E-state index contributed by atoms with van der Waals surface area (Å²) in [5.74, 6) is -3.34. The number of nitrogens with one attached hydrogen (secondary N) is 1. The standard InChI is InChI=1S/C31H35F2N3O4S/c1-41(39,40)36(26-17-18-27(32)28(33)20-26)22-30(37)35(21-24-13-7-3-8-14-24)29(19-23-11-5-2-6-12-23)31(38)34-25-15-9-4-10-16-25/h2-3,5-8,11-14,17-18,20,25,29H,4,9-10,15-16,19,21-22H2,1H3,(H,34,38)/t29-/m0/s1. The lowest BCUT2D eigenvalue weighted by atomic mass is 9.94. The fraction of sp³-hybridized carbons (Fsp3) is 0.355. The summed E-state index contributed by atoms with van der Waals surface area (Å²) < 4.78 is 53.9. The van der Waals surface area contributed by atoms with Crippen LogP contribution in [0.3, 0.4) is 0 Å². The minimum atomic E-state index is -4.08. The molecule has 0 heterocycles.